The van der Waals surface area contributed by atoms with Crippen LogP contribution in [0.4, 0.5) is 0 Å². The molecular weight excluding hydrogens is 458 g/mol. The summed E-state index contributed by atoms with van der Waals surface area (Å²) >= 11 is 6.01. The largest absolute Gasteiger partial charge is 0.354 e. The Morgan fingerprint density at radius 1 is 0.857 bits per heavy atom. The van der Waals surface area contributed by atoms with Crippen molar-refractivity contribution in [2.45, 2.75) is 6.42 Å². The Bertz CT molecular complexity index is 1390. The number of nitrogens with one attached hydrogen (secondary N) is 1. The number of para-hydroxylation sites is 1. The van der Waals surface area contributed by atoms with E-state index in [1.54, 1.807) is 23.1 Å². The molecule has 5 rings (SSSR count). The summed E-state index contributed by atoms with van der Waals surface area (Å²) in [5, 5.41) is 1.71. The number of carbonyl (C=O) groups excluding carboxylic acids is 2. The van der Waals surface area contributed by atoms with Crippen molar-refractivity contribution in [3.05, 3.63) is 101 Å². The van der Waals surface area contributed by atoms with Crippen molar-refractivity contribution in [2.24, 2.45) is 0 Å². The highest BCUT2D eigenvalue weighted by Crippen LogP contribution is 2.31. The third kappa shape index (κ3) is 5.15. The van der Waals surface area contributed by atoms with Gasteiger partial charge in [-0.25, -0.2) is 0 Å². The second-order valence-electron chi connectivity index (χ2n) is 8.66. The number of benzene rings is 3. The third-order valence-corrected chi connectivity index (χ3v) is 6.65. The minimum absolute atomic E-state index is 0.0555. The van der Waals surface area contributed by atoms with Crippen LogP contribution in [0.2, 0.25) is 5.02 Å². The average Bonchev–Trinajstić information content (AvgIpc) is 3.26. The minimum Gasteiger partial charge on any atom is -0.354 e. The second kappa shape index (κ2) is 10.2. The Morgan fingerprint density at radius 2 is 1.57 bits per heavy atom. The van der Waals surface area contributed by atoms with Crippen molar-refractivity contribution in [2.75, 3.05) is 26.2 Å². The third-order valence-electron chi connectivity index (χ3n) is 6.42. The van der Waals surface area contributed by atoms with Gasteiger partial charge in [-0.15, -0.1) is 0 Å². The number of hydrogen-bond acceptors (Lipinski definition) is 2. The van der Waals surface area contributed by atoms with Crippen molar-refractivity contribution in [3.63, 3.8) is 0 Å². The zero-order valence-electron chi connectivity index (χ0n) is 19.3. The van der Waals surface area contributed by atoms with Gasteiger partial charge in [0.15, 0.2) is 0 Å². The highest BCUT2D eigenvalue weighted by molar-refractivity contribution is 6.30. The molecule has 1 aromatic heterocycles. The van der Waals surface area contributed by atoms with Crippen LogP contribution in [0.25, 0.3) is 28.2 Å². The maximum Gasteiger partial charge on any atom is 0.246 e. The monoisotopic (exact) mass is 483 g/mol. The van der Waals surface area contributed by atoms with Crippen LogP contribution in [0.15, 0.2) is 84.9 Å². The molecule has 35 heavy (non-hydrogen) atoms. The Labute approximate surface area is 209 Å². The molecule has 3 aromatic carbocycles. The Hall–Kier alpha value is -3.83. The topological polar surface area (TPSA) is 56.4 Å². The SMILES string of the molecule is O=C(/C=C/c1cccc(Cl)c1)N1CCN(C(=O)Cc2c(-c3ccccc3)[nH]c3ccccc23)CC1. The summed E-state index contributed by atoms with van der Waals surface area (Å²) in [5.74, 6) is 0.0218. The molecule has 0 bridgehead atoms. The summed E-state index contributed by atoms with van der Waals surface area (Å²) in [4.78, 5) is 33.1. The van der Waals surface area contributed by atoms with Crippen LogP contribution in [-0.2, 0) is 16.0 Å². The van der Waals surface area contributed by atoms with Crippen LogP contribution < -0.4 is 0 Å². The van der Waals surface area contributed by atoms with E-state index in [4.69, 9.17) is 11.6 Å². The lowest BCUT2D eigenvalue weighted by atomic mass is 10.0. The number of amides is 2. The fourth-order valence-corrected chi connectivity index (χ4v) is 4.76. The molecular formula is C29H26ClN3O2. The van der Waals surface area contributed by atoms with Gasteiger partial charge in [0.25, 0.3) is 0 Å². The molecule has 6 heteroatoms. The van der Waals surface area contributed by atoms with Gasteiger partial charge in [0.2, 0.25) is 11.8 Å². The van der Waals surface area contributed by atoms with Crippen molar-refractivity contribution in [3.8, 4) is 11.3 Å². The maximum atomic E-state index is 13.3. The predicted octanol–water partition coefficient (Wildman–Crippen LogP) is 5.42. The fraction of sp³-hybridized carbons (Fsp3) is 0.172. The molecule has 0 unspecified atom stereocenters. The van der Waals surface area contributed by atoms with Gasteiger partial charge in [-0.1, -0.05) is 72.3 Å². The molecule has 2 heterocycles. The first-order valence-electron chi connectivity index (χ1n) is 11.7. The van der Waals surface area contributed by atoms with E-state index in [-0.39, 0.29) is 11.8 Å². The van der Waals surface area contributed by atoms with Gasteiger partial charge in [-0.2, -0.15) is 0 Å². The number of carbonyl (C=O) groups is 2. The number of halogens is 1. The number of hydrogen-bond donors (Lipinski definition) is 1. The highest BCUT2D eigenvalue weighted by Gasteiger charge is 2.25. The van der Waals surface area contributed by atoms with Crippen LogP contribution in [0.5, 0.6) is 0 Å². The number of aromatic amines is 1. The van der Waals surface area contributed by atoms with Crippen molar-refractivity contribution in [1.29, 1.82) is 0 Å². The molecule has 2 amide bonds. The lowest BCUT2D eigenvalue weighted by Crippen LogP contribution is -2.50. The molecule has 0 aliphatic carbocycles. The van der Waals surface area contributed by atoms with E-state index in [2.05, 4.69) is 23.2 Å². The van der Waals surface area contributed by atoms with Gasteiger partial charge in [0, 0.05) is 48.2 Å². The highest BCUT2D eigenvalue weighted by atomic mass is 35.5. The quantitative estimate of drug-likeness (QED) is 0.385. The second-order valence-corrected chi connectivity index (χ2v) is 9.10. The lowest BCUT2D eigenvalue weighted by molar-refractivity contribution is -0.136. The summed E-state index contributed by atoms with van der Waals surface area (Å²) < 4.78 is 0. The number of rotatable bonds is 5. The Balaban J connectivity index is 1.26. The summed E-state index contributed by atoms with van der Waals surface area (Å²) in [5.41, 5.74) is 4.97. The van der Waals surface area contributed by atoms with Crippen LogP contribution in [0.3, 0.4) is 0 Å². The van der Waals surface area contributed by atoms with Crippen LogP contribution in [-0.4, -0.2) is 52.8 Å². The number of nitrogens with zero attached hydrogens (tertiary/aromatic N) is 2. The van der Waals surface area contributed by atoms with Gasteiger partial charge in [0.05, 0.1) is 12.1 Å². The fourth-order valence-electron chi connectivity index (χ4n) is 4.56. The van der Waals surface area contributed by atoms with E-state index >= 15 is 0 Å². The van der Waals surface area contributed by atoms with E-state index in [0.29, 0.717) is 37.6 Å². The average molecular weight is 484 g/mol. The molecule has 0 spiro atoms. The van der Waals surface area contributed by atoms with Gasteiger partial charge < -0.3 is 14.8 Å². The van der Waals surface area contributed by atoms with Gasteiger partial charge in [-0.05, 0) is 41.0 Å². The normalized spacial score (nSPS) is 14.1. The molecule has 1 aliphatic rings. The Kier molecular flexibility index (Phi) is 6.68. The van der Waals surface area contributed by atoms with Crippen molar-refractivity contribution in [1.82, 2.24) is 14.8 Å². The summed E-state index contributed by atoms with van der Waals surface area (Å²) in [6, 6.07) is 25.6. The molecule has 4 aromatic rings. The van der Waals surface area contributed by atoms with Gasteiger partial charge >= 0.3 is 0 Å². The smallest absolute Gasteiger partial charge is 0.246 e. The predicted molar refractivity (Wildman–Crippen MR) is 141 cm³/mol. The summed E-state index contributed by atoms with van der Waals surface area (Å²) in [7, 11) is 0. The number of piperazine rings is 1. The van der Waals surface area contributed by atoms with Crippen LogP contribution in [0, 0.1) is 0 Å². The first kappa shape index (κ1) is 22.9. The molecule has 1 N–H and O–H groups in total. The zero-order valence-corrected chi connectivity index (χ0v) is 20.0. The summed E-state index contributed by atoms with van der Waals surface area (Å²) in [6.07, 6.45) is 3.66. The van der Waals surface area contributed by atoms with E-state index in [1.165, 1.54) is 0 Å². The molecule has 0 atom stereocenters. The minimum atomic E-state index is -0.0555. The van der Waals surface area contributed by atoms with E-state index in [1.807, 2.05) is 59.5 Å². The molecule has 5 nitrogen and oxygen atoms in total. The first-order valence-corrected chi connectivity index (χ1v) is 12.1. The molecule has 1 saturated heterocycles. The molecule has 176 valence electrons. The van der Waals surface area contributed by atoms with E-state index in [0.717, 1.165) is 33.3 Å². The summed E-state index contributed by atoms with van der Waals surface area (Å²) in [6.45, 7) is 2.09. The molecule has 1 fully saturated rings. The number of fused-ring (bicyclic) bond motifs is 1. The van der Waals surface area contributed by atoms with Crippen LogP contribution >= 0.6 is 11.6 Å². The zero-order chi connectivity index (χ0) is 24.2. The number of aromatic nitrogens is 1. The molecule has 0 radical (unpaired) electrons. The van der Waals surface area contributed by atoms with Crippen molar-refractivity contribution < 1.29 is 9.59 Å². The van der Waals surface area contributed by atoms with E-state index < -0.39 is 0 Å². The lowest BCUT2D eigenvalue weighted by Gasteiger charge is -2.34. The van der Waals surface area contributed by atoms with E-state index in [9.17, 15) is 9.59 Å². The van der Waals surface area contributed by atoms with Crippen LogP contribution in [0.1, 0.15) is 11.1 Å². The van der Waals surface area contributed by atoms with Gasteiger partial charge in [0.1, 0.15) is 0 Å². The maximum absolute atomic E-state index is 13.3. The Morgan fingerprint density at radius 3 is 2.34 bits per heavy atom. The first-order chi connectivity index (χ1) is 17.1. The molecule has 1 aliphatic heterocycles. The van der Waals surface area contributed by atoms with Gasteiger partial charge in [-0.3, -0.25) is 9.59 Å². The standard InChI is InChI=1S/C29H26ClN3O2/c30-23-10-6-7-21(19-23)13-14-27(34)32-15-17-33(18-16-32)28(35)20-25-24-11-4-5-12-26(24)31-29(25)22-8-2-1-3-9-22/h1-14,19,31H,15-18,20H2/b14-13+. The molecule has 0 saturated carbocycles. The number of H-pyrrole nitrogens is 1. The van der Waals surface area contributed by atoms with Crippen molar-refractivity contribution >= 4 is 40.4 Å².